The number of ketones is 1. The molecule has 0 saturated carbocycles. The van der Waals surface area contributed by atoms with Crippen molar-refractivity contribution in [3.05, 3.63) is 69.9 Å². The topological polar surface area (TPSA) is 79.5 Å². The molecule has 0 aliphatic carbocycles. The van der Waals surface area contributed by atoms with Gasteiger partial charge in [0, 0.05) is 47.1 Å². The predicted octanol–water partition coefficient (Wildman–Crippen LogP) is 6.35. The maximum absolute atomic E-state index is 13.3. The minimum Gasteiger partial charge on any atom is -0.481 e. The number of aryl methyl sites for hydroxylation is 2. The van der Waals surface area contributed by atoms with Gasteiger partial charge >= 0.3 is 5.97 Å². The molecule has 3 rings (SSSR count). The Morgan fingerprint density at radius 1 is 0.971 bits per heavy atom. The van der Waals surface area contributed by atoms with Crippen molar-refractivity contribution >= 4 is 34.3 Å². The third-order valence-corrected chi connectivity index (χ3v) is 6.75. The van der Waals surface area contributed by atoms with Crippen LogP contribution in [-0.2, 0) is 31.3 Å². The summed E-state index contributed by atoms with van der Waals surface area (Å²) in [6.45, 7) is 1.88. The molecule has 0 radical (unpaired) electrons. The van der Waals surface area contributed by atoms with E-state index in [4.69, 9.17) is 16.7 Å². The van der Waals surface area contributed by atoms with Crippen molar-refractivity contribution in [1.82, 2.24) is 4.57 Å². The molecular formula is C28H34ClNO4. The number of aliphatic hydroxyl groups excluding tert-OH is 1. The molecule has 2 aromatic carbocycles. The van der Waals surface area contributed by atoms with Gasteiger partial charge in [-0.15, -0.1) is 0 Å². The van der Waals surface area contributed by atoms with Gasteiger partial charge in [0.05, 0.1) is 6.61 Å². The van der Waals surface area contributed by atoms with Gasteiger partial charge in [0.1, 0.15) is 0 Å². The Hall–Kier alpha value is -2.63. The Morgan fingerprint density at radius 2 is 1.65 bits per heavy atom. The van der Waals surface area contributed by atoms with Crippen molar-refractivity contribution in [2.45, 2.75) is 64.9 Å². The number of carboxylic acid groups (broad SMARTS) is 1. The van der Waals surface area contributed by atoms with Crippen molar-refractivity contribution in [2.24, 2.45) is 13.0 Å². The number of aliphatic hydroxyl groups is 1. The molecule has 5 nitrogen and oxygen atoms in total. The quantitative estimate of drug-likeness (QED) is 0.219. The van der Waals surface area contributed by atoms with E-state index in [1.807, 2.05) is 43.4 Å². The Labute approximate surface area is 206 Å². The van der Waals surface area contributed by atoms with Crippen molar-refractivity contribution in [1.29, 1.82) is 0 Å². The summed E-state index contributed by atoms with van der Waals surface area (Å²) in [7, 11) is 1.98. The number of carbonyl (C=O) groups excluding carboxylic acids is 1. The van der Waals surface area contributed by atoms with Crippen LogP contribution in [0, 0.1) is 5.92 Å². The lowest BCUT2D eigenvalue weighted by Crippen LogP contribution is -2.12. The van der Waals surface area contributed by atoms with Gasteiger partial charge in [-0.3, -0.25) is 9.59 Å². The first-order chi connectivity index (χ1) is 16.3. The van der Waals surface area contributed by atoms with E-state index >= 15 is 0 Å². The molecule has 2 N–H and O–H groups in total. The van der Waals surface area contributed by atoms with Crippen LogP contribution in [0.15, 0.2) is 42.5 Å². The second-order valence-electron chi connectivity index (χ2n) is 9.21. The highest BCUT2D eigenvalue weighted by Gasteiger charge is 2.23. The van der Waals surface area contributed by atoms with E-state index in [0.717, 1.165) is 60.7 Å². The van der Waals surface area contributed by atoms with Gasteiger partial charge in [-0.25, -0.2) is 0 Å². The summed E-state index contributed by atoms with van der Waals surface area (Å²) in [4.78, 5) is 24.3. The number of fused-ring (bicyclic) bond motifs is 1. The van der Waals surface area contributed by atoms with Crippen LogP contribution in [0.4, 0.5) is 0 Å². The molecule has 1 aromatic heterocycles. The number of aliphatic carboxylic acids is 1. The molecule has 0 bridgehead atoms. The Morgan fingerprint density at radius 3 is 2.32 bits per heavy atom. The molecule has 182 valence electrons. The van der Waals surface area contributed by atoms with E-state index in [9.17, 15) is 14.7 Å². The number of halogens is 1. The molecule has 0 unspecified atom stereocenters. The predicted molar refractivity (Wildman–Crippen MR) is 137 cm³/mol. The van der Waals surface area contributed by atoms with E-state index in [2.05, 4.69) is 10.6 Å². The molecule has 0 fully saturated rings. The molecule has 0 spiro atoms. The number of nitrogens with zero attached hydrogens (tertiary/aromatic N) is 1. The third kappa shape index (κ3) is 6.49. The van der Waals surface area contributed by atoms with Crippen LogP contribution in [0.3, 0.4) is 0 Å². The van der Waals surface area contributed by atoms with Crippen LogP contribution >= 0.6 is 11.6 Å². The number of benzene rings is 2. The van der Waals surface area contributed by atoms with Crippen LogP contribution in [-0.4, -0.2) is 26.5 Å². The van der Waals surface area contributed by atoms with E-state index in [1.54, 1.807) is 6.92 Å². The Bertz CT molecular complexity index is 1150. The summed E-state index contributed by atoms with van der Waals surface area (Å²) in [5.41, 5.74) is 4.86. The maximum atomic E-state index is 13.3. The van der Waals surface area contributed by atoms with Crippen molar-refractivity contribution < 1.29 is 19.8 Å². The summed E-state index contributed by atoms with van der Waals surface area (Å²) in [6, 6.07) is 13.6. The summed E-state index contributed by atoms with van der Waals surface area (Å²) in [5, 5.41) is 20.0. The molecule has 0 aliphatic rings. The average molecular weight is 484 g/mol. The van der Waals surface area contributed by atoms with Gasteiger partial charge in [-0.05, 0) is 60.9 Å². The number of aromatic nitrogens is 1. The second kappa shape index (κ2) is 12.2. The number of hydrogen-bond acceptors (Lipinski definition) is 3. The zero-order valence-corrected chi connectivity index (χ0v) is 20.8. The SMILES string of the molecule is C[C@H](CC(=O)O)CC(=O)c1c(CCCCCCc2ccccc2CO)n(C)c2ccc(Cl)cc12. The van der Waals surface area contributed by atoms with Crippen LogP contribution in [0.1, 0.15) is 72.6 Å². The molecule has 1 atom stereocenters. The smallest absolute Gasteiger partial charge is 0.303 e. The van der Waals surface area contributed by atoms with Crippen LogP contribution in [0.5, 0.6) is 0 Å². The number of rotatable bonds is 13. The third-order valence-electron chi connectivity index (χ3n) is 6.52. The fourth-order valence-corrected chi connectivity index (χ4v) is 4.95. The van der Waals surface area contributed by atoms with E-state index in [0.29, 0.717) is 10.6 Å². The van der Waals surface area contributed by atoms with Gasteiger partial charge in [0.15, 0.2) is 5.78 Å². The lowest BCUT2D eigenvalue weighted by atomic mass is 9.94. The fourth-order valence-electron chi connectivity index (χ4n) is 4.78. The number of carboxylic acids is 1. The number of carbonyl (C=O) groups is 2. The molecular weight excluding hydrogens is 450 g/mol. The van der Waals surface area contributed by atoms with Gasteiger partial charge in [0.2, 0.25) is 0 Å². The second-order valence-corrected chi connectivity index (χ2v) is 9.65. The molecule has 0 amide bonds. The lowest BCUT2D eigenvalue weighted by Gasteiger charge is -2.11. The van der Waals surface area contributed by atoms with Crippen LogP contribution in [0.2, 0.25) is 5.02 Å². The van der Waals surface area contributed by atoms with Gasteiger partial charge in [-0.2, -0.15) is 0 Å². The Kier molecular flexibility index (Phi) is 9.31. The molecule has 34 heavy (non-hydrogen) atoms. The number of hydrogen-bond donors (Lipinski definition) is 2. The molecule has 1 heterocycles. The largest absolute Gasteiger partial charge is 0.481 e. The fraction of sp³-hybridized carbons (Fsp3) is 0.429. The molecule has 6 heteroatoms. The van der Waals surface area contributed by atoms with Gasteiger partial charge in [-0.1, -0.05) is 55.6 Å². The summed E-state index contributed by atoms with van der Waals surface area (Å²) >= 11 is 6.25. The molecule has 0 saturated heterocycles. The monoisotopic (exact) mass is 483 g/mol. The first-order valence-corrected chi connectivity index (χ1v) is 12.4. The van der Waals surface area contributed by atoms with Crippen LogP contribution < -0.4 is 0 Å². The standard InChI is InChI=1S/C28H34ClNO4/c1-19(16-27(33)34)15-26(32)28-23-17-22(29)13-14-24(23)30(2)25(28)12-6-4-3-5-9-20-10-7-8-11-21(20)18-31/h7-8,10-11,13-14,17,19,31H,3-6,9,12,15-16,18H2,1-2H3,(H,33,34)/t19-/m0/s1. The highest BCUT2D eigenvalue weighted by atomic mass is 35.5. The Balaban J connectivity index is 1.67. The van der Waals surface area contributed by atoms with Crippen molar-refractivity contribution in [3.8, 4) is 0 Å². The van der Waals surface area contributed by atoms with Gasteiger partial charge in [0.25, 0.3) is 0 Å². The van der Waals surface area contributed by atoms with E-state index in [1.165, 1.54) is 5.56 Å². The minimum atomic E-state index is -0.886. The average Bonchev–Trinajstić information content (AvgIpc) is 3.06. The zero-order valence-electron chi connectivity index (χ0n) is 20.0. The summed E-state index contributed by atoms with van der Waals surface area (Å²) < 4.78 is 2.08. The lowest BCUT2D eigenvalue weighted by molar-refractivity contribution is -0.137. The number of Topliss-reactive ketones (excluding diaryl/α,β-unsaturated/α-hetero) is 1. The first-order valence-electron chi connectivity index (χ1n) is 12.0. The zero-order chi connectivity index (χ0) is 24.7. The normalized spacial score (nSPS) is 12.2. The molecule has 0 aliphatic heterocycles. The van der Waals surface area contributed by atoms with E-state index in [-0.39, 0.29) is 31.1 Å². The highest BCUT2D eigenvalue weighted by molar-refractivity contribution is 6.31. The maximum Gasteiger partial charge on any atom is 0.303 e. The van der Waals surface area contributed by atoms with E-state index < -0.39 is 5.97 Å². The number of unbranched alkanes of at least 4 members (excludes halogenated alkanes) is 3. The summed E-state index contributed by atoms with van der Waals surface area (Å²) in [6.07, 6.45) is 6.06. The van der Waals surface area contributed by atoms with Crippen LogP contribution in [0.25, 0.3) is 10.9 Å². The highest BCUT2D eigenvalue weighted by Crippen LogP contribution is 2.31. The molecule has 3 aromatic rings. The minimum absolute atomic E-state index is 0.0165. The van der Waals surface area contributed by atoms with Gasteiger partial charge < -0.3 is 14.8 Å². The summed E-state index contributed by atoms with van der Waals surface area (Å²) in [5.74, 6) is -1.13. The first kappa shape index (κ1) is 26.0. The van der Waals surface area contributed by atoms with Crippen molar-refractivity contribution in [2.75, 3.05) is 0 Å². The van der Waals surface area contributed by atoms with Crippen molar-refractivity contribution in [3.63, 3.8) is 0 Å².